The molecule has 0 aromatic carbocycles. The van der Waals surface area contributed by atoms with Crippen LogP contribution in [0.5, 0.6) is 5.88 Å². The van der Waals surface area contributed by atoms with E-state index in [1.165, 1.54) is 25.7 Å². The van der Waals surface area contributed by atoms with E-state index in [1.54, 1.807) is 25.4 Å². The molecule has 1 unspecified atom stereocenters. The molecule has 0 aliphatic heterocycles. The van der Waals surface area contributed by atoms with Crippen LogP contribution in [0, 0.1) is 0 Å². The quantitative estimate of drug-likeness (QED) is 0.389. The van der Waals surface area contributed by atoms with Crippen LogP contribution in [-0.4, -0.2) is 58.1 Å². The predicted molar refractivity (Wildman–Crippen MR) is 127 cm³/mol. The zero-order chi connectivity index (χ0) is 25.1. The normalized spacial score (nSPS) is 15.4. The Morgan fingerprint density at radius 3 is 2.49 bits per heavy atom. The highest BCUT2D eigenvalue weighted by Crippen LogP contribution is 2.31. The highest BCUT2D eigenvalue weighted by atomic mass is 32.2. The summed E-state index contributed by atoms with van der Waals surface area (Å²) in [7, 11) is -1.86. The van der Waals surface area contributed by atoms with Crippen LogP contribution in [0.25, 0.3) is 11.3 Å². The lowest BCUT2D eigenvalue weighted by Crippen LogP contribution is -2.37. The summed E-state index contributed by atoms with van der Waals surface area (Å²) in [6.07, 6.45) is 8.96. The average Bonchev–Trinajstić information content (AvgIpc) is 3.71. The van der Waals surface area contributed by atoms with Crippen LogP contribution in [0.3, 0.4) is 0 Å². The second-order valence-corrected chi connectivity index (χ2v) is 10.7. The third kappa shape index (κ3) is 5.68. The van der Waals surface area contributed by atoms with Crippen molar-refractivity contribution in [1.29, 1.82) is 0 Å². The van der Waals surface area contributed by atoms with E-state index in [0.717, 1.165) is 5.56 Å². The number of ketones is 1. The number of Topliss-reactive ketones (excluding diaryl/α,β-unsaturated/α-hetero) is 1. The summed E-state index contributed by atoms with van der Waals surface area (Å²) in [5.74, 6) is -0.0635. The third-order valence-corrected chi connectivity index (χ3v) is 8.05. The van der Waals surface area contributed by atoms with E-state index >= 15 is 0 Å². The van der Waals surface area contributed by atoms with Crippen LogP contribution in [-0.2, 0) is 37.1 Å². The molecule has 0 saturated heterocycles. The Kier molecular flexibility index (Phi) is 7.18. The molecule has 10 nitrogen and oxygen atoms in total. The van der Waals surface area contributed by atoms with Crippen LogP contribution in [0.15, 0.2) is 43.1 Å². The van der Waals surface area contributed by atoms with Crippen LogP contribution in [0.2, 0.25) is 0 Å². The molecule has 3 aromatic heterocycles. The minimum Gasteiger partial charge on any atom is -0.477 e. The first-order valence-electron chi connectivity index (χ1n) is 11.3. The topological polar surface area (TPSA) is 134 Å². The number of aromatic nitrogens is 5. The van der Waals surface area contributed by atoms with E-state index in [9.17, 15) is 13.2 Å². The van der Waals surface area contributed by atoms with Crippen LogP contribution in [0.4, 0.5) is 0 Å². The molecular weight excluding hydrogens is 470 g/mol. The maximum atomic E-state index is 13.3. The molecule has 0 spiro atoms. The van der Waals surface area contributed by atoms with Gasteiger partial charge in [0.1, 0.15) is 0 Å². The summed E-state index contributed by atoms with van der Waals surface area (Å²) in [6.45, 7) is 3.95. The molecule has 35 heavy (non-hydrogen) atoms. The molecule has 0 amide bonds. The molecule has 4 rings (SSSR count). The SMILES string of the molecule is CCOc1cncc(-c2ccc(CC(=O)C(C)(OC)c3cncc(CS(=O)(=O)C4CC4)n3)nc2)n1. The Bertz CT molecular complexity index is 1310. The largest absolute Gasteiger partial charge is 0.477 e. The number of sulfone groups is 1. The fourth-order valence-corrected chi connectivity index (χ4v) is 5.18. The molecular formula is C24H27N5O5S. The highest BCUT2D eigenvalue weighted by molar-refractivity contribution is 7.91. The Morgan fingerprint density at radius 1 is 1.06 bits per heavy atom. The van der Waals surface area contributed by atoms with E-state index in [1.807, 2.05) is 13.0 Å². The monoisotopic (exact) mass is 497 g/mol. The fraction of sp³-hybridized carbons (Fsp3) is 0.417. The van der Waals surface area contributed by atoms with E-state index < -0.39 is 15.4 Å². The van der Waals surface area contributed by atoms with E-state index in [-0.39, 0.29) is 28.9 Å². The minimum absolute atomic E-state index is 0.0123. The Balaban J connectivity index is 1.50. The number of methoxy groups -OCH3 is 1. The molecule has 0 radical (unpaired) electrons. The lowest BCUT2D eigenvalue weighted by Gasteiger charge is -2.26. The first kappa shape index (κ1) is 24.8. The highest BCUT2D eigenvalue weighted by Gasteiger charge is 2.39. The summed E-state index contributed by atoms with van der Waals surface area (Å²) in [5, 5.41) is -0.301. The van der Waals surface area contributed by atoms with Gasteiger partial charge in [-0.15, -0.1) is 0 Å². The lowest BCUT2D eigenvalue weighted by molar-refractivity contribution is -0.140. The summed E-state index contributed by atoms with van der Waals surface area (Å²) in [4.78, 5) is 34.7. The van der Waals surface area contributed by atoms with Gasteiger partial charge in [0.25, 0.3) is 0 Å². The number of pyridine rings is 1. The number of carbonyl (C=O) groups is 1. The van der Waals surface area contributed by atoms with Crippen molar-refractivity contribution < 1.29 is 22.7 Å². The van der Waals surface area contributed by atoms with Gasteiger partial charge in [-0.05, 0) is 38.8 Å². The first-order valence-corrected chi connectivity index (χ1v) is 13.0. The second-order valence-electron chi connectivity index (χ2n) is 8.45. The molecule has 1 aliphatic rings. The van der Waals surface area contributed by atoms with Gasteiger partial charge in [-0.1, -0.05) is 0 Å². The third-order valence-electron chi connectivity index (χ3n) is 5.86. The van der Waals surface area contributed by atoms with Crippen molar-refractivity contribution >= 4 is 15.6 Å². The van der Waals surface area contributed by atoms with Gasteiger partial charge < -0.3 is 9.47 Å². The van der Waals surface area contributed by atoms with Crippen molar-refractivity contribution in [2.24, 2.45) is 0 Å². The molecule has 0 bridgehead atoms. The molecule has 184 valence electrons. The molecule has 1 aliphatic carbocycles. The van der Waals surface area contributed by atoms with Gasteiger partial charge >= 0.3 is 0 Å². The maximum absolute atomic E-state index is 13.3. The summed E-state index contributed by atoms with van der Waals surface area (Å²) < 4.78 is 35.7. The second kappa shape index (κ2) is 10.1. The van der Waals surface area contributed by atoms with Crippen molar-refractivity contribution in [3.8, 4) is 17.1 Å². The predicted octanol–water partition coefficient (Wildman–Crippen LogP) is 2.48. The lowest BCUT2D eigenvalue weighted by atomic mass is 9.93. The van der Waals surface area contributed by atoms with Crippen LogP contribution < -0.4 is 4.74 Å². The Labute approximate surface area is 204 Å². The molecule has 1 fully saturated rings. The zero-order valence-electron chi connectivity index (χ0n) is 19.8. The van der Waals surface area contributed by atoms with E-state index in [2.05, 4.69) is 24.9 Å². The van der Waals surface area contributed by atoms with E-state index in [4.69, 9.17) is 9.47 Å². The van der Waals surface area contributed by atoms with Crippen molar-refractivity contribution in [3.63, 3.8) is 0 Å². The van der Waals surface area contributed by atoms with E-state index in [0.29, 0.717) is 42.4 Å². The Hall–Kier alpha value is -3.31. The van der Waals surface area contributed by atoms with Crippen LogP contribution in [0.1, 0.15) is 43.8 Å². The zero-order valence-corrected chi connectivity index (χ0v) is 20.7. The number of rotatable bonds is 11. The van der Waals surface area contributed by atoms with Gasteiger partial charge in [0.15, 0.2) is 21.2 Å². The molecule has 0 N–H and O–H groups in total. The summed E-state index contributed by atoms with van der Waals surface area (Å²) in [5.41, 5.74) is 1.02. The number of hydrogen-bond donors (Lipinski definition) is 0. The smallest absolute Gasteiger partial charge is 0.232 e. The van der Waals surface area contributed by atoms with Crippen molar-refractivity contribution in [2.75, 3.05) is 13.7 Å². The molecule has 11 heteroatoms. The van der Waals surface area contributed by atoms with Crippen molar-refractivity contribution in [3.05, 3.63) is 60.2 Å². The van der Waals surface area contributed by atoms with Gasteiger partial charge in [-0.2, -0.15) is 0 Å². The minimum atomic E-state index is -3.27. The molecule has 1 atom stereocenters. The average molecular weight is 498 g/mol. The summed E-state index contributed by atoms with van der Waals surface area (Å²) in [6, 6.07) is 3.55. The van der Waals surface area contributed by atoms with Gasteiger partial charge in [-0.25, -0.2) is 18.4 Å². The number of ether oxygens (including phenoxy) is 2. The number of carbonyl (C=O) groups excluding carboxylic acids is 1. The first-order chi connectivity index (χ1) is 16.7. The number of nitrogens with zero attached hydrogens (tertiary/aromatic N) is 5. The standard InChI is InChI=1S/C24H27N5O5S/c1-4-34-23-14-26-12-20(29-23)16-5-6-17(27-10-16)9-22(30)24(2,33-3)21-13-25-11-18(28-21)15-35(31,32)19-7-8-19/h5-6,10-14,19H,4,7-9,15H2,1-3H3. The fourth-order valence-electron chi connectivity index (χ4n) is 3.54. The maximum Gasteiger partial charge on any atom is 0.232 e. The Morgan fingerprint density at radius 2 is 1.83 bits per heavy atom. The van der Waals surface area contributed by atoms with Crippen molar-refractivity contribution in [1.82, 2.24) is 24.9 Å². The van der Waals surface area contributed by atoms with Gasteiger partial charge in [0.05, 0.1) is 59.7 Å². The summed E-state index contributed by atoms with van der Waals surface area (Å²) >= 11 is 0. The van der Waals surface area contributed by atoms with Gasteiger partial charge in [0, 0.05) is 30.8 Å². The molecule has 3 aromatic rings. The van der Waals surface area contributed by atoms with Gasteiger partial charge in [-0.3, -0.25) is 19.7 Å². The molecule has 3 heterocycles. The number of hydrogen-bond acceptors (Lipinski definition) is 10. The van der Waals surface area contributed by atoms with Crippen LogP contribution >= 0.6 is 0 Å². The van der Waals surface area contributed by atoms with Crippen molar-refractivity contribution in [2.45, 2.75) is 49.7 Å². The molecule has 1 saturated carbocycles. The van der Waals surface area contributed by atoms with Gasteiger partial charge in [0.2, 0.25) is 5.88 Å².